The molecule has 1 unspecified atom stereocenters. The molecule has 0 aromatic heterocycles. The highest BCUT2D eigenvalue weighted by atomic mass is 16.7. The van der Waals surface area contributed by atoms with Crippen LogP contribution in [0.4, 0.5) is 0 Å². The van der Waals surface area contributed by atoms with Gasteiger partial charge in [-0.1, -0.05) is 6.07 Å². The quantitative estimate of drug-likeness (QED) is 0.642. The molecule has 2 aliphatic rings. The molecule has 2 aliphatic heterocycles. The lowest BCUT2D eigenvalue weighted by Gasteiger charge is -2.31. The van der Waals surface area contributed by atoms with Crippen LogP contribution < -0.4 is 14.8 Å². The summed E-state index contributed by atoms with van der Waals surface area (Å²) in [5.74, 6) is -0.346. The first-order valence-corrected chi connectivity index (χ1v) is 8.12. The van der Waals surface area contributed by atoms with Crippen LogP contribution in [0.5, 0.6) is 11.5 Å². The van der Waals surface area contributed by atoms with Crippen LogP contribution in [0.1, 0.15) is 31.7 Å². The zero-order chi connectivity index (χ0) is 17.2. The highest BCUT2D eigenvalue weighted by Crippen LogP contribution is 2.42. The second-order valence-electron chi connectivity index (χ2n) is 5.63. The van der Waals surface area contributed by atoms with Gasteiger partial charge in [0.1, 0.15) is 0 Å². The van der Waals surface area contributed by atoms with Crippen LogP contribution in [0, 0.1) is 0 Å². The average Bonchev–Trinajstić information content (AvgIpc) is 3.22. The molecule has 0 aliphatic carbocycles. The first kappa shape index (κ1) is 16.6. The number of carbonyl (C=O) groups excluding carboxylic acids is 2. The molecule has 0 saturated carbocycles. The third kappa shape index (κ3) is 2.58. The fourth-order valence-corrected chi connectivity index (χ4v) is 3.30. The van der Waals surface area contributed by atoms with E-state index < -0.39 is 23.4 Å². The third-order valence-electron chi connectivity index (χ3n) is 4.35. The monoisotopic (exact) mass is 335 g/mol. The first-order chi connectivity index (χ1) is 11.6. The molecule has 130 valence electrons. The number of ether oxygens (including phenoxy) is 4. The Morgan fingerprint density at radius 3 is 2.50 bits per heavy atom. The standard InChI is InChI=1S/C17H21NO6/c1-3-21-15(19)17(16(20)22-4-2)12(7-8-18-17)11-5-6-13-14(9-11)24-10-23-13/h5-6,9,12,18H,3-4,7-8,10H2,1-2H3. The minimum absolute atomic E-state index is 0.169. The molecular formula is C17H21NO6. The predicted octanol–water partition coefficient (Wildman–Crippen LogP) is 1.36. The van der Waals surface area contributed by atoms with E-state index in [0.717, 1.165) is 5.56 Å². The first-order valence-electron chi connectivity index (χ1n) is 8.12. The lowest BCUT2D eigenvalue weighted by molar-refractivity contribution is -0.166. The Morgan fingerprint density at radius 2 is 1.83 bits per heavy atom. The molecule has 7 nitrogen and oxygen atoms in total. The van der Waals surface area contributed by atoms with Crippen LogP contribution in [-0.4, -0.2) is 44.0 Å². The zero-order valence-electron chi connectivity index (χ0n) is 13.8. The van der Waals surface area contributed by atoms with Crippen molar-refractivity contribution in [3.63, 3.8) is 0 Å². The highest BCUT2D eigenvalue weighted by molar-refractivity contribution is 6.06. The maximum absolute atomic E-state index is 12.7. The maximum atomic E-state index is 12.7. The van der Waals surface area contributed by atoms with Gasteiger partial charge in [-0.2, -0.15) is 0 Å². The van der Waals surface area contributed by atoms with Crippen molar-refractivity contribution in [2.24, 2.45) is 0 Å². The Hall–Kier alpha value is -2.28. The lowest BCUT2D eigenvalue weighted by Crippen LogP contribution is -2.59. The van der Waals surface area contributed by atoms with Crippen LogP contribution in [0.2, 0.25) is 0 Å². The lowest BCUT2D eigenvalue weighted by atomic mass is 9.80. The number of rotatable bonds is 5. The Morgan fingerprint density at radius 1 is 1.17 bits per heavy atom. The van der Waals surface area contributed by atoms with E-state index in [2.05, 4.69) is 5.32 Å². The highest BCUT2D eigenvalue weighted by Gasteiger charge is 2.58. The van der Waals surface area contributed by atoms with Gasteiger partial charge in [0.15, 0.2) is 11.5 Å². The summed E-state index contributed by atoms with van der Waals surface area (Å²) in [6, 6.07) is 5.45. The molecule has 7 heteroatoms. The molecule has 1 saturated heterocycles. The van der Waals surface area contributed by atoms with Gasteiger partial charge in [0.2, 0.25) is 12.3 Å². The number of fused-ring (bicyclic) bond motifs is 1. The van der Waals surface area contributed by atoms with Crippen LogP contribution in [-0.2, 0) is 19.1 Å². The van der Waals surface area contributed by atoms with E-state index >= 15 is 0 Å². The van der Waals surface area contributed by atoms with Crippen LogP contribution in [0.15, 0.2) is 18.2 Å². The van der Waals surface area contributed by atoms with Crippen molar-refractivity contribution in [1.82, 2.24) is 5.32 Å². The van der Waals surface area contributed by atoms with E-state index in [9.17, 15) is 9.59 Å². The largest absolute Gasteiger partial charge is 0.464 e. The SMILES string of the molecule is CCOC(=O)C1(C(=O)OCC)NCCC1c1ccc2c(c1)OCO2. The molecule has 1 atom stereocenters. The van der Waals surface area contributed by atoms with Crippen LogP contribution >= 0.6 is 0 Å². The molecule has 0 spiro atoms. The van der Waals surface area contributed by atoms with Gasteiger partial charge < -0.3 is 18.9 Å². The third-order valence-corrected chi connectivity index (χ3v) is 4.35. The fraction of sp³-hybridized carbons (Fsp3) is 0.529. The maximum Gasteiger partial charge on any atom is 0.338 e. The number of hydrogen-bond donors (Lipinski definition) is 1. The van der Waals surface area contributed by atoms with E-state index in [1.807, 2.05) is 12.1 Å². The molecule has 3 rings (SSSR count). The minimum atomic E-state index is -1.53. The van der Waals surface area contributed by atoms with E-state index in [0.29, 0.717) is 24.5 Å². The molecule has 1 fully saturated rings. The van der Waals surface area contributed by atoms with Crippen LogP contribution in [0.25, 0.3) is 0 Å². The van der Waals surface area contributed by atoms with Crippen molar-refractivity contribution in [1.29, 1.82) is 0 Å². The Labute approximate surface area is 140 Å². The molecule has 0 radical (unpaired) electrons. The van der Waals surface area contributed by atoms with Gasteiger partial charge in [0.05, 0.1) is 13.2 Å². The number of carbonyl (C=O) groups is 2. The number of benzene rings is 1. The number of nitrogens with one attached hydrogen (secondary N) is 1. The van der Waals surface area contributed by atoms with Crippen molar-refractivity contribution in [2.45, 2.75) is 31.7 Å². The molecule has 0 bridgehead atoms. The van der Waals surface area contributed by atoms with Crippen molar-refractivity contribution >= 4 is 11.9 Å². The Bertz CT molecular complexity index is 626. The topological polar surface area (TPSA) is 83.1 Å². The van der Waals surface area contributed by atoms with E-state index in [4.69, 9.17) is 18.9 Å². The predicted molar refractivity (Wildman–Crippen MR) is 83.9 cm³/mol. The normalized spacial score (nSPS) is 20.7. The van der Waals surface area contributed by atoms with Gasteiger partial charge in [-0.05, 0) is 44.5 Å². The summed E-state index contributed by atoms with van der Waals surface area (Å²) in [6.45, 7) is 4.48. The van der Waals surface area contributed by atoms with Crippen molar-refractivity contribution in [2.75, 3.05) is 26.6 Å². The molecule has 24 heavy (non-hydrogen) atoms. The average molecular weight is 335 g/mol. The molecular weight excluding hydrogens is 314 g/mol. The summed E-state index contributed by atoms with van der Waals surface area (Å²) in [5, 5.41) is 3.03. The second-order valence-corrected chi connectivity index (χ2v) is 5.63. The van der Waals surface area contributed by atoms with Crippen molar-refractivity contribution in [3.05, 3.63) is 23.8 Å². The minimum Gasteiger partial charge on any atom is -0.464 e. The second kappa shape index (κ2) is 6.68. The molecule has 0 amide bonds. The molecule has 2 heterocycles. The number of esters is 2. The van der Waals surface area contributed by atoms with Gasteiger partial charge in [-0.25, -0.2) is 9.59 Å². The van der Waals surface area contributed by atoms with Gasteiger partial charge in [-0.15, -0.1) is 0 Å². The summed E-state index contributed by atoms with van der Waals surface area (Å²) < 4.78 is 21.1. The molecule has 1 aromatic rings. The summed E-state index contributed by atoms with van der Waals surface area (Å²) in [6.07, 6.45) is 0.608. The summed E-state index contributed by atoms with van der Waals surface area (Å²) in [7, 11) is 0. The van der Waals surface area contributed by atoms with Gasteiger partial charge >= 0.3 is 11.9 Å². The van der Waals surface area contributed by atoms with E-state index in [1.54, 1.807) is 19.9 Å². The van der Waals surface area contributed by atoms with E-state index in [-0.39, 0.29) is 20.0 Å². The number of hydrogen-bond acceptors (Lipinski definition) is 7. The van der Waals surface area contributed by atoms with Crippen molar-refractivity contribution in [3.8, 4) is 11.5 Å². The van der Waals surface area contributed by atoms with Crippen molar-refractivity contribution < 1.29 is 28.5 Å². The van der Waals surface area contributed by atoms with Crippen LogP contribution in [0.3, 0.4) is 0 Å². The fourth-order valence-electron chi connectivity index (χ4n) is 3.30. The van der Waals surface area contributed by atoms with Gasteiger partial charge in [0, 0.05) is 5.92 Å². The van der Waals surface area contributed by atoms with Gasteiger partial charge in [0.25, 0.3) is 0 Å². The molecule has 1 aromatic carbocycles. The zero-order valence-corrected chi connectivity index (χ0v) is 13.8. The Kier molecular flexibility index (Phi) is 4.62. The van der Waals surface area contributed by atoms with E-state index in [1.165, 1.54) is 0 Å². The summed E-state index contributed by atoms with van der Waals surface area (Å²) in [4.78, 5) is 25.3. The summed E-state index contributed by atoms with van der Waals surface area (Å²) in [5.41, 5.74) is -0.718. The van der Waals surface area contributed by atoms with Gasteiger partial charge in [-0.3, -0.25) is 5.32 Å². The smallest absolute Gasteiger partial charge is 0.338 e. The Balaban J connectivity index is 2.00. The summed E-state index contributed by atoms with van der Waals surface area (Å²) >= 11 is 0. The molecule has 1 N–H and O–H groups in total.